The molecule has 1 saturated heterocycles. The molecule has 3 aromatic rings. The van der Waals surface area contributed by atoms with E-state index in [1.807, 2.05) is 35.8 Å². The second-order valence-corrected chi connectivity index (χ2v) is 6.90. The molecule has 1 aromatic heterocycles. The van der Waals surface area contributed by atoms with Crippen LogP contribution in [0.2, 0.25) is 0 Å². The van der Waals surface area contributed by atoms with Gasteiger partial charge >= 0.3 is 6.61 Å². The number of ether oxygens (including phenoxy) is 2. The maximum absolute atomic E-state index is 13.0. The molecule has 0 atom stereocenters. The first-order valence-electron chi connectivity index (χ1n) is 8.38. The molecule has 0 unspecified atom stereocenters. The van der Waals surface area contributed by atoms with E-state index >= 15 is 0 Å². The number of para-hydroxylation sites is 2. The van der Waals surface area contributed by atoms with E-state index < -0.39 is 29.4 Å². The lowest BCUT2D eigenvalue weighted by molar-refractivity contribution is -0.0869. The van der Waals surface area contributed by atoms with Crippen LogP contribution in [-0.2, 0) is 10.3 Å². The zero-order chi connectivity index (χ0) is 19.3. The number of halogens is 2. The first kappa shape index (κ1) is 17.5. The summed E-state index contributed by atoms with van der Waals surface area (Å²) >= 11 is 0. The van der Waals surface area contributed by atoms with Gasteiger partial charge in [0.05, 0.1) is 35.3 Å². The molecule has 27 heavy (non-hydrogen) atoms. The number of rotatable bonds is 4. The van der Waals surface area contributed by atoms with Crippen LogP contribution in [0.25, 0.3) is 22.4 Å². The number of alkyl halides is 2. The summed E-state index contributed by atoms with van der Waals surface area (Å²) in [5.41, 5.74) is 1.56. The van der Waals surface area contributed by atoms with E-state index in [4.69, 9.17) is 4.74 Å². The Kier molecular flexibility index (Phi) is 3.96. The van der Waals surface area contributed by atoms with Crippen LogP contribution < -0.4 is 4.74 Å². The Morgan fingerprint density at radius 3 is 2.56 bits per heavy atom. The van der Waals surface area contributed by atoms with E-state index in [9.17, 15) is 19.0 Å². The van der Waals surface area contributed by atoms with E-state index in [-0.39, 0.29) is 5.56 Å². The summed E-state index contributed by atoms with van der Waals surface area (Å²) in [4.78, 5) is 4.60. The van der Waals surface area contributed by atoms with Crippen molar-refractivity contribution in [2.45, 2.75) is 26.0 Å². The van der Waals surface area contributed by atoms with Gasteiger partial charge in [0.25, 0.3) is 0 Å². The maximum Gasteiger partial charge on any atom is 0.387 e. The third-order valence-electron chi connectivity index (χ3n) is 4.79. The van der Waals surface area contributed by atoms with Crippen LogP contribution in [0.4, 0.5) is 8.78 Å². The van der Waals surface area contributed by atoms with Gasteiger partial charge in [-0.1, -0.05) is 12.1 Å². The summed E-state index contributed by atoms with van der Waals surface area (Å²) < 4.78 is 37.8. The standard InChI is InChI=1S/C19H18F2N2O4/c1-10-7-11(16(27-18(20)21)15(25)14(10)24)17-22-12-5-3-4-6-13(12)23(17)19(2)8-26-9-19/h3-7,18,24-25H,8-9H2,1-2H3. The average molecular weight is 376 g/mol. The highest BCUT2D eigenvalue weighted by Crippen LogP contribution is 2.47. The van der Waals surface area contributed by atoms with Crippen molar-refractivity contribution in [2.24, 2.45) is 0 Å². The Labute approximate surface area is 153 Å². The summed E-state index contributed by atoms with van der Waals surface area (Å²) in [6.45, 7) is 1.25. The molecule has 142 valence electrons. The number of phenolic OH excluding ortho intramolecular Hbond substituents is 2. The molecule has 4 rings (SSSR count). The summed E-state index contributed by atoms with van der Waals surface area (Å²) in [6.07, 6.45) is 0. The first-order chi connectivity index (χ1) is 12.8. The molecule has 6 nitrogen and oxygen atoms in total. The predicted molar refractivity (Wildman–Crippen MR) is 94.3 cm³/mol. The fraction of sp³-hybridized carbons (Fsp3) is 0.316. The van der Waals surface area contributed by atoms with Crippen LogP contribution in [0.1, 0.15) is 12.5 Å². The van der Waals surface area contributed by atoms with Crippen molar-refractivity contribution in [3.63, 3.8) is 0 Å². The van der Waals surface area contributed by atoms with Gasteiger partial charge in [0.15, 0.2) is 11.5 Å². The van der Waals surface area contributed by atoms with Crippen molar-refractivity contribution in [3.8, 4) is 28.6 Å². The van der Waals surface area contributed by atoms with Crippen molar-refractivity contribution < 1.29 is 28.5 Å². The highest BCUT2D eigenvalue weighted by molar-refractivity contribution is 5.84. The van der Waals surface area contributed by atoms with Gasteiger partial charge in [-0.2, -0.15) is 8.78 Å². The van der Waals surface area contributed by atoms with Gasteiger partial charge in [-0.05, 0) is 37.6 Å². The van der Waals surface area contributed by atoms with Gasteiger partial charge in [-0.15, -0.1) is 0 Å². The lowest BCUT2D eigenvalue weighted by Gasteiger charge is -2.41. The van der Waals surface area contributed by atoms with E-state index in [0.29, 0.717) is 30.1 Å². The number of aromatic hydroxyl groups is 2. The van der Waals surface area contributed by atoms with Crippen LogP contribution in [0.3, 0.4) is 0 Å². The number of hydrogen-bond donors (Lipinski definition) is 2. The largest absolute Gasteiger partial charge is 0.504 e. The Balaban J connectivity index is 2.05. The number of nitrogens with zero attached hydrogens (tertiary/aromatic N) is 2. The van der Waals surface area contributed by atoms with Crippen molar-refractivity contribution >= 4 is 11.0 Å². The van der Waals surface area contributed by atoms with E-state index in [1.54, 1.807) is 6.92 Å². The van der Waals surface area contributed by atoms with E-state index in [1.165, 1.54) is 6.07 Å². The van der Waals surface area contributed by atoms with Gasteiger partial charge in [-0.3, -0.25) is 0 Å². The third-order valence-corrected chi connectivity index (χ3v) is 4.79. The van der Waals surface area contributed by atoms with Gasteiger partial charge in [0.2, 0.25) is 5.75 Å². The number of benzene rings is 2. The van der Waals surface area contributed by atoms with Crippen LogP contribution in [0.15, 0.2) is 30.3 Å². The monoisotopic (exact) mass is 376 g/mol. The number of aromatic nitrogens is 2. The van der Waals surface area contributed by atoms with Crippen molar-refractivity contribution in [2.75, 3.05) is 13.2 Å². The van der Waals surface area contributed by atoms with Gasteiger partial charge < -0.3 is 24.3 Å². The number of phenols is 2. The third kappa shape index (κ3) is 2.68. The molecule has 2 heterocycles. The second kappa shape index (κ2) is 6.09. The van der Waals surface area contributed by atoms with Crippen LogP contribution in [0.5, 0.6) is 17.2 Å². The number of imidazole rings is 1. The zero-order valence-electron chi connectivity index (χ0n) is 14.7. The Morgan fingerprint density at radius 2 is 1.93 bits per heavy atom. The average Bonchev–Trinajstić information content (AvgIpc) is 2.99. The molecular formula is C19H18F2N2O4. The van der Waals surface area contributed by atoms with Crippen molar-refractivity contribution in [1.29, 1.82) is 0 Å². The molecule has 1 fully saturated rings. The summed E-state index contributed by atoms with van der Waals surface area (Å²) in [6, 6.07) is 8.88. The molecule has 8 heteroatoms. The molecule has 0 bridgehead atoms. The van der Waals surface area contributed by atoms with Crippen LogP contribution in [-0.4, -0.2) is 39.6 Å². The highest BCUT2D eigenvalue weighted by atomic mass is 19.3. The molecular weight excluding hydrogens is 358 g/mol. The zero-order valence-corrected chi connectivity index (χ0v) is 14.7. The molecule has 0 amide bonds. The van der Waals surface area contributed by atoms with Gasteiger partial charge in [-0.25, -0.2) is 4.98 Å². The van der Waals surface area contributed by atoms with Crippen LogP contribution >= 0.6 is 0 Å². The molecule has 1 aliphatic heterocycles. The molecule has 1 aliphatic rings. The van der Waals surface area contributed by atoms with Gasteiger partial charge in [0, 0.05) is 0 Å². The van der Waals surface area contributed by atoms with E-state index in [2.05, 4.69) is 9.72 Å². The molecule has 2 N–H and O–H groups in total. The minimum absolute atomic E-state index is 0.174. The van der Waals surface area contributed by atoms with Crippen molar-refractivity contribution in [3.05, 3.63) is 35.9 Å². The minimum atomic E-state index is -3.17. The molecule has 0 radical (unpaired) electrons. The van der Waals surface area contributed by atoms with Crippen molar-refractivity contribution in [1.82, 2.24) is 9.55 Å². The molecule has 0 aliphatic carbocycles. The van der Waals surface area contributed by atoms with Gasteiger partial charge in [0.1, 0.15) is 5.82 Å². The fourth-order valence-corrected chi connectivity index (χ4v) is 3.43. The minimum Gasteiger partial charge on any atom is -0.504 e. The predicted octanol–water partition coefficient (Wildman–Crippen LogP) is 3.77. The first-order valence-corrected chi connectivity index (χ1v) is 8.38. The number of aryl methyl sites for hydroxylation is 1. The highest BCUT2D eigenvalue weighted by Gasteiger charge is 2.39. The Bertz CT molecular complexity index is 1030. The van der Waals surface area contributed by atoms with E-state index in [0.717, 1.165) is 5.52 Å². The normalized spacial score (nSPS) is 15.9. The number of hydrogen-bond acceptors (Lipinski definition) is 5. The summed E-state index contributed by atoms with van der Waals surface area (Å²) in [5.74, 6) is -1.39. The maximum atomic E-state index is 13.0. The van der Waals surface area contributed by atoms with Crippen LogP contribution in [0, 0.1) is 6.92 Å². The number of fused-ring (bicyclic) bond motifs is 1. The topological polar surface area (TPSA) is 76.7 Å². The summed E-state index contributed by atoms with van der Waals surface area (Å²) in [7, 11) is 0. The second-order valence-electron chi connectivity index (χ2n) is 6.90. The smallest absolute Gasteiger partial charge is 0.387 e. The Hall–Kier alpha value is -2.87. The molecule has 0 spiro atoms. The lowest BCUT2D eigenvalue weighted by Crippen LogP contribution is -2.49. The molecule has 2 aromatic carbocycles. The summed E-state index contributed by atoms with van der Waals surface area (Å²) in [5, 5.41) is 20.2. The molecule has 0 saturated carbocycles. The lowest BCUT2D eigenvalue weighted by atomic mass is 9.98. The SMILES string of the molecule is Cc1cc(-c2nc3ccccc3n2C2(C)COC2)c(OC(F)F)c(O)c1O. The quantitative estimate of drug-likeness (QED) is 0.678. The fourth-order valence-electron chi connectivity index (χ4n) is 3.43. The Morgan fingerprint density at radius 1 is 1.22 bits per heavy atom.